The number of nitrogens with zero attached hydrogens (tertiary/aromatic N) is 2. The quantitative estimate of drug-likeness (QED) is 0.691. The summed E-state index contributed by atoms with van der Waals surface area (Å²) < 4.78 is 5.77. The van der Waals surface area contributed by atoms with Gasteiger partial charge in [-0.1, -0.05) is 19.9 Å². The van der Waals surface area contributed by atoms with Crippen LogP contribution in [0.5, 0.6) is 0 Å². The van der Waals surface area contributed by atoms with Gasteiger partial charge in [-0.15, -0.1) is 0 Å². The molecule has 2 N–H and O–H groups in total. The minimum Gasteiger partial charge on any atom is -0.494 e. The van der Waals surface area contributed by atoms with E-state index >= 15 is 0 Å². The molecule has 0 spiro atoms. The fraction of sp³-hybridized carbons (Fsp3) is 0.737. The predicted molar refractivity (Wildman–Crippen MR) is 97.5 cm³/mol. The summed E-state index contributed by atoms with van der Waals surface area (Å²) in [6.45, 7) is 9.44. The fourth-order valence-electron chi connectivity index (χ4n) is 3.21. The van der Waals surface area contributed by atoms with E-state index in [1.165, 1.54) is 0 Å². The van der Waals surface area contributed by atoms with E-state index < -0.39 is 0 Å². The minimum absolute atomic E-state index is 0.114. The van der Waals surface area contributed by atoms with Crippen LogP contribution >= 0.6 is 0 Å². The third kappa shape index (κ3) is 6.29. The molecule has 1 amide bonds. The molecule has 2 rings (SSSR count). The van der Waals surface area contributed by atoms with Gasteiger partial charge in [0.05, 0.1) is 12.6 Å². The molecule has 1 aliphatic carbocycles. The number of ether oxygens (including phenoxy) is 1. The number of nitrogens with two attached hydrogens (primary N) is 1. The van der Waals surface area contributed by atoms with Crippen LogP contribution in [0, 0.1) is 5.92 Å². The standard InChI is InChI=1S/C19H33N3O2/c1-16(2)15-18(20)19(23)22-12-10-21(11-13-22)9-6-14-24-17-7-4-3-5-8-17/h4,7-8,16,18H,3,5-6,9-15,20H2,1-2H3/t18-/m0/s1. The van der Waals surface area contributed by atoms with E-state index in [0.717, 1.165) is 70.8 Å². The fourth-order valence-corrected chi connectivity index (χ4v) is 3.21. The molecular weight excluding hydrogens is 302 g/mol. The molecule has 5 heteroatoms. The Morgan fingerprint density at radius 1 is 1.25 bits per heavy atom. The van der Waals surface area contributed by atoms with E-state index in [4.69, 9.17) is 10.5 Å². The maximum Gasteiger partial charge on any atom is 0.239 e. The van der Waals surface area contributed by atoms with Gasteiger partial charge in [0.1, 0.15) is 5.76 Å². The molecule has 0 saturated carbocycles. The Balaban J connectivity index is 1.59. The lowest BCUT2D eigenvalue weighted by Gasteiger charge is -2.36. The summed E-state index contributed by atoms with van der Waals surface area (Å²) in [7, 11) is 0. The highest BCUT2D eigenvalue weighted by atomic mass is 16.5. The van der Waals surface area contributed by atoms with Crippen molar-refractivity contribution in [1.82, 2.24) is 9.80 Å². The van der Waals surface area contributed by atoms with Gasteiger partial charge in [0, 0.05) is 32.7 Å². The van der Waals surface area contributed by atoms with Crippen molar-refractivity contribution in [2.75, 3.05) is 39.3 Å². The normalized spacial score (nSPS) is 20.2. The Morgan fingerprint density at radius 2 is 2.00 bits per heavy atom. The molecule has 0 aromatic rings. The molecule has 2 aliphatic rings. The Morgan fingerprint density at radius 3 is 2.62 bits per heavy atom. The monoisotopic (exact) mass is 335 g/mol. The third-order valence-corrected chi connectivity index (χ3v) is 4.57. The second kappa shape index (κ2) is 9.84. The number of hydrogen-bond acceptors (Lipinski definition) is 4. The second-order valence-corrected chi connectivity index (χ2v) is 7.19. The molecule has 0 aromatic carbocycles. The lowest BCUT2D eigenvalue weighted by Crippen LogP contribution is -2.53. The van der Waals surface area contributed by atoms with Crippen molar-refractivity contribution in [1.29, 1.82) is 0 Å². The smallest absolute Gasteiger partial charge is 0.239 e. The number of hydrogen-bond donors (Lipinski definition) is 1. The van der Waals surface area contributed by atoms with E-state index in [0.29, 0.717) is 5.92 Å². The Hall–Kier alpha value is -1.33. The average molecular weight is 335 g/mol. The van der Waals surface area contributed by atoms with Crippen LogP contribution in [0.15, 0.2) is 24.0 Å². The molecule has 1 saturated heterocycles. The third-order valence-electron chi connectivity index (χ3n) is 4.57. The summed E-state index contributed by atoms with van der Waals surface area (Å²) in [5.41, 5.74) is 6.02. The molecule has 0 aromatic heterocycles. The molecule has 24 heavy (non-hydrogen) atoms. The zero-order chi connectivity index (χ0) is 17.4. The zero-order valence-corrected chi connectivity index (χ0v) is 15.2. The Labute approximate surface area is 146 Å². The maximum atomic E-state index is 12.3. The zero-order valence-electron chi connectivity index (χ0n) is 15.2. The molecular formula is C19H33N3O2. The van der Waals surface area contributed by atoms with Gasteiger partial charge < -0.3 is 15.4 Å². The van der Waals surface area contributed by atoms with E-state index in [-0.39, 0.29) is 11.9 Å². The van der Waals surface area contributed by atoms with Crippen molar-refractivity contribution < 1.29 is 9.53 Å². The van der Waals surface area contributed by atoms with Crippen LogP contribution in [0.1, 0.15) is 39.5 Å². The highest BCUT2D eigenvalue weighted by Gasteiger charge is 2.25. The van der Waals surface area contributed by atoms with Gasteiger partial charge in [0.15, 0.2) is 0 Å². The molecule has 5 nitrogen and oxygen atoms in total. The largest absolute Gasteiger partial charge is 0.494 e. The summed E-state index contributed by atoms with van der Waals surface area (Å²) >= 11 is 0. The number of allylic oxidation sites excluding steroid dienone is 3. The van der Waals surface area contributed by atoms with Crippen LogP contribution in [0.4, 0.5) is 0 Å². The topological polar surface area (TPSA) is 58.8 Å². The first-order valence-electron chi connectivity index (χ1n) is 9.32. The van der Waals surface area contributed by atoms with E-state index in [1.807, 2.05) is 4.90 Å². The van der Waals surface area contributed by atoms with E-state index in [9.17, 15) is 4.79 Å². The lowest BCUT2D eigenvalue weighted by atomic mass is 10.0. The van der Waals surface area contributed by atoms with Gasteiger partial charge in [-0.2, -0.15) is 0 Å². The minimum atomic E-state index is -0.346. The highest BCUT2D eigenvalue weighted by Crippen LogP contribution is 2.12. The summed E-state index contributed by atoms with van der Waals surface area (Å²) in [5.74, 6) is 1.58. The van der Waals surface area contributed by atoms with Gasteiger partial charge in [-0.3, -0.25) is 9.69 Å². The Bertz CT molecular complexity index is 452. The van der Waals surface area contributed by atoms with Crippen LogP contribution in [-0.4, -0.2) is 61.1 Å². The number of piperazine rings is 1. The van der Waals surface area contributed by atoms with Crippen molar-refractivity contribution in [3.8, 4) is 0 Å². The van der Waals surface area contributed by atoms with Crippen molar-refractivity contribution >= 4 is 5.91 Å². The molecule has 0 bridgehead atoms. The molecule has 0 radical (unpaired) electrons. The van der Waals surface area contributed by atoms with Crippen molar-refractivity contribution in [2.45, 2.75) is 45.6 Å². The summed E-state index contributed by atoms with van der Waals surface area (Å²) in [6.07, 6.45) is 10.4. The number of amides is 1. The Kier molecular flexibility index (Phi) is 7.79. The van der Waals surface area contributed by atoms with Gasteiger partial charge in [-0.05, 0) is 43.8 Å². The number of carbonyl (C=O) groups is 1. The van der Waals surface area contributed by atoms with Crippen molar-refractivity contribution in [3.63, 3.8) is 0 Å². The summed E-state index contributed by atoms with van der Waals surface area (Å²) in [5, 5.41) is 0. The maximum absolute atomic E-state index is 12.3. The van der Waals surface area contributed by atoms with Crippen LogP contribution in [-0.2, 0) is 9.53 Å². The summed E-state index contributed by atoms with van der Waals surface area (Å²) in [4.78, 5) is 16.7. The molecule has 136 valence electrons. The van der Waals surface area contributed by atoms with Crippen LogP contribution in [0.2, 0.25) is 0 Å². The highest BCUT2D eigenvalue weighted by molar-refractivity contribution is 5.81. The molecule has 0 unspecified atom stereocenters. The summed E-state index contributed by atoms with van der Waals surface area (Å²) in [6, 6.07) is -0.346. The van der Waals surface area contributed by atoms with Gasteiger partial charge in [-0.25, -0.2) is 0 Å². The van der Waals surface area contributed by atoms with Crippen molar-refractivity contribution in [3.05, 3.63) is 24.0 Å². The van der Waals surface area contributed by atoms with Gasteiger partial charge >= 0.3 is 0 Å². The molecule has 1 fully saturated rings. The van der Waals surface area contributed by atoms with E-state index in [2.05, 4.69) is 37.0 Å². The van der Waals surface area contributed by atoms with Crippen LogP contribution in [0.3, 0.4) is 0 Å². The van der Waals surface area contributed by atoms with Crippen LogP contribution < -0.4 is 5.73 Å². The van der Waals surface area contributed by atoms with Crippen molar-refractivity contribution in [2.24, 2.45) is 11.7 Å². The number of carbonyl (C=O) groups excluding carboxylic acids is 1. The molecule has 1 atom stereocenters. The first-order valence-corrected chi connectivity index (χ1v) is 9.32. The predicted octanol–water partition coefficient (Wildman–Crippen LogP) is 2.14. The first kappa shape index (κ1) is 19.0. The average Bonchev–Trinajstić information content (AvgIpc) is 2.59. The molecule has 1 heterocycles. The lowest BCUT2D eigenvalue weighted by molar-refractivity contribution is -0.134. The van der Waals surface area contributed by atoms with Crippen LogP contribution in [0.25, 0.3) is 0 Å². The SMILES string of the molecule is CC(C)C[C@H](N)C(=O)N1CCN(CCCOC2=CCCC=C2)CC1. The van der Waals surface area contributed by atoms with Gasteiger partial charge in [0.25, 0.3) is 0 Å². The van der Waals surface area contributed by atoms with E-state index in [1.54, 1.807) is 0 Å². The van der Waals surface area contributed by atoms with Gasteiger partial charge in [0.2, 0.25) is 5.91 Å². The number of rotatable bonds is 8. The molecule has 1 aliphatic heterocycles. The first-order chi connectivity index (χ1) is 11.6. The second-order valence-electron chi connectivity index (χ2n) is 7.19.